The first-order valence-corrected chi connectivity index (χ1v) is 7.98. The van der Waals surface area contributed by atoms with E-state index in [1.165, 1.54) is 11.2 Å². The molecule has 2 heterocycles. The zero-order valence-electron chi connectivity index (χ0n) is 13.4. The number of carbonyl (C=O) groups is 2. The molecule has 0 spiro atoms. The minimum atomic E-state index is -0.589. The second-order valence-electron chi connectivity index (χ2n) is 5.46. The molecule has 2 aromatic rings. The van der Waals surface area contributed by atoms with Crippen LogP contribution in [0.3, 0.4) is 0 Å². The molecule has 126 valence electrons. The van der Waals surface area contributed by atoms with Crippen molar-refractivity contribution in [1.29, 1.82) is 0 Å². The van der Waals surface area contributed by atoms with Crippen LogP contribution in [0.15, 0.2) is 47.1 Å². The first-order chi connectivity index (χ1) is 11.7. The van der Waals surface area contributed by atoms with Gasteiger partial charge in [-0.15, -0.1) is 0 Å². The lowest BCUT2D eigenvalue weighted by molar-refractivity contribution is -0.138. The molecule has 3 rings (SSSR count). The van der Waals surface area contributed by atoms with Crippen molar-refractivity contribution in [3.05, 3.63) is 48.4 Å². The Morgan fingerprint density at radius 2 is 1.96 bits per heavy atom. The number of hydrogen-bond donors (Lipinski definition) is 0. The summed E-state index contributed by atoms with van der Waals surface area (Å²) in [5.74, 6) is 0.659. The first-order valence-electron chi connectivity index (χ1n) is 7.98. The molecular formula is C18H19NO5. The van der Waals surface area contributed by atoms with Crippen LogP contribution in [0, 0.1) is 0 Å². The van der Waals surface area contributed by atoms with Gasteiger partial charge in [0.2, 0.25) is 0 Å². The summed E-state index contributed by atoms with van der Waals surface area (Å²) >= 11 is 0. The van der Waals surface area contributed by atoms with Crippen LogP contribution < -0.4 is 9.47 Å². The highest BCUT2D eigenvalue weighted by Gasteiger charge is 2.36. The number of benzene rings is 1. The Morgan fingerprint density at radius 1 is 1.21 bits per heavy atom. The van der Waals surface area contributed by atoms with Gasteiger partial charge in [-0.25, -0.2) is 4.79 Å². The van der Waals surface area contributed by atoms with Crippen LogP contribution in [0.25, 0.3) is 0 Å². The largest absolute Gasteiger partial charge is 0.494 e. The van der Waals surface area contributed by atoms with Gasteiger partial charge in [-0.3, -0.25) is 4.79 Å². The van der Waals surface area contributed by atoms with E-state index in [9.17, 15) is 9.59 Å². The average molecular weight is 329 g/mol. The second kappa shape index (κ2) is 7.21. The van der Waals surface area contributed by atoms with Crippen molar-refractivity contribution in [2.75, 3.05) is 13.2 Å². The molecule has 1 aliphatic heterocycles. The smallest absolute Gasteiger partial charge is 0.334 e. The molecule has 0 bridgehead atoms. The van der Waals surface area contributed by atoms with Crippen molar-refractivity contribution in [2.45, 2.75) is 25.8 Å². The molecule has 6 heteroatoms. The van der Waals surface area contributed by atoms with E-state index in [4.69, 9.17) is 13.9 Å². The van der Waals surface area contributed by atoms with Gasteiger partial charge < -0.3 is 18.8 Å². The van der Waals surface area contributed by atoms with E-state index in [2.05, 4.69) is 0 Å². The highest BCUT2D eigenvalue weighted by Crippen LogP contribution is 2.24. The molecule has 1 aromatic carbocycles. The molecule has 1 unspecified atom stereocenters. The molecule has 1 atom stereocenters. The molecule has 6 nitrogen and oxygen atoms in total. The van der Waals surface area contributed by atoms with E-state index in [1.54, 1.807) is 36.4 Å². The minimum Gasteiger partial charge on any atom is -0.494 e. The lowest BCUT2D eigenvalue weighted by Crippen LogP contribution is -2.42. The zero-order chi connectivity index (χ0) is 16.9. The molecule has 24 heavy (non-hydrogen) atoms. The van der Waals surface area contributed by atoms with Gasteiger partial charge in [0, 0.05) is 6.54 Å². The van der Waals surface area contributed by atoms with Crippen molar-refractivity contribution in [1.82, 2.24) is 4.90 Å². The fourth-order valence-electron chi connectivity index (χ4n) is 2.75. The number of carbonyl (C=O) groups excluding carboxylic acids is 2. The molecule has 0 saturated carbocycles. The highest BCUT2D eigenvalue weighted by molar-refractivity contribution is 5.95. The standard InChI is InChI=1S/C18H19NO5/c1-2-22-13-7-9-14(10-8-13)24-18(21)15-5-3-11-19(15)17(20)16-6-4-12-23-16/h4,6-10,12,15H,2-3,5,11H2,1H3. The Balaban J connectivity index is 1.66. The molecule has 0 aliphatic carbocycles. The number of esters is 1. The van der Waals surface area contributed by atoms with E-state index in [1.807, 2.05) is 6.92 Å². The van der Waals surface area contributed by atoms with Crippen LogP contribution in [-0.2, 0) is 4.79 Å². The summed E-state index contributed by atoms with van der Waals surface area (Å²) in [6.45, 7) is 2.99. The Morgan fingerprint density at radius 3 is 2.62 bits per heavy atom. The summed E-state index contributed by atoms with van der Waals surface area (Å²) in [5, 5.41) is 0. The van der Waals surface area contributed by atoms with Crippen LogP contribution >= 0.6 is 0 Å². The van der Waals surface area contributed by atoms with Gasteiger partial charge in [-0.2, -0.15) is 0 Å². The van der Waals surface area contributed by atoms with E-state index in [0.29, 0.717) is 31.1 Å². The number of furan rings is 1. The summed E-state index contributed by atoms with van der Waals surface area (Å²) in [6.07, 6.45) is 2.79. The maximum absolute atomic E-state index is 12.4. The van der Waals surface area contributed by atoms with E-state index in [0.717, 1.165) is 6.42 Å². The number of amides is 1. The number of ether oxygens (including phenoxy) is 2. The van der Waals surface area contributed by atoms with Crippen molar-refractivity contribution < 1.29 is 23.5 Å². The van der Waals surface area contributed by atoms with Gasteiger partial charge in [0.05, 0.1) is 12.9 Å². The van der Waals surface area contributed by atoms with Crippen molar-refractivity contribution in [2.24, 2.45) is 0 Å². The number of rotatable bonds is 5. The van der Waals surface area contributed by atoms with Gasteiger partial charge >= 0.3 is 5.97 Å². The fourth-order valence-corrected chi connectivity index (χ4v) is 2.75. The van der Waals surface area contributed by atoms with Gasteiger partial charge in [0.25, 0.3) is 5.91 Å². The van der Waals surface area contributed by atoms with E-state index < -0.39 is 12.0 Å². The van der Waals surface area contributed by atoms with Gasteiger partial charge in [0.15, 0.2) is 5.76 Å². The Labute approximate surface area is 140 Å². The van der Waals surface area contributed by atoms with Crippen LogP contribution in [0.1, 0.15) is 30.3 Å². The molecule has 1 fully saturated rings. The van der Waals surface area contributed by atoms with Gasteiger partial charge in [-0.05, 0) is 56.2 Å². The first kappa shape index (κ1) is 16.1. The van der Waals surface area contributed by atoms with Crippen LogP contribution in [0.5, 0.6) is 11.5 Å². The number of hydrogen-bond acceptors (Lipinski definition) is 5. The van der Waals surface area contributed by atoms with Gasteiger partial charge in [-0.1, -0.05) is 0 Å². The lowest BCUT2D eigenvalue weighted by Gasteiger charge is -2.22. The highest BCUT2D eigenvalue weighted by atomic mass is 16.5. The quantitative estimate of drug-likeness (QED) is 0.623. The molecule has 1 saturated heterocycles. The van der Waals surface area contributed by atoms with Gasteiger partial charge in [0.1, 0.15) is 17.5 Å². The number of likely N-dealkylation sites (tertiary alicyclic amines) is 1. The summed E-state index contributed by atoms with van der Waals surface area (Å²) < 4.78 is 15.9. The Kier molecular flexibility index (Phi) is 4.84. The minimum absolute atomic E-state index is 0.232. The SMILES string of the molecule is CCOc1ccc(OC(=O)C2CCCN2C(=O)c2ccco2)cc1. The molecule has 0 N–H and O–H groups in total. The second-order valence-corrected chi connectivity index (χ2v) is 5.46. The van der Waals surface area contributed by atoms with E-state index in [-0.39, 0.29) is 11.7 Å². The molecule has 1 aliphatic rings. The summed E-state index contributed by atoms with van der Waals surface area (Å²) in [6, 6.07) is 9.49. The third kappa shape index (κ3) is 3.42. The fraction of sp³-hybridized carbons (Fsp3) is 0.333. The predicted molar refractivity (Wildman–Crippen MR) is 86.0 cm³/mol. The molecule has 0 radical (unpaired) electrons. The van der Waals surface area contributed by atoms with Crippen molar-refractivity contribution in [3.8, 4) is 11.5 Å². The Hall–Kier alpha value is -2.76. The third-order valence-corrected chi connectivity index (χ3v) is 3.87. The Bertz CT molecular complexity index is 693. The van der Waals surface area contributed by atoms with Crippen molar-refractivity contribution in [3.63, 3.8) is 0 Å². The lowest BCUT2D eigenvalue weighted by atomic mass is 10.2. The topological polar surface area (TPSA) is 69.0 Å². The normalized spacial score (nSPS) is 16.9. The molecule has 1 amide bonds. The van der Waals surface area contributed by atoms with Crippen LogP contribution in [0.4, 0.5) is 0 Å². The third-order valence-electron chi connectivity index (χ3n) is 3.87. The summed E-state index contributed by atoms with van der Waals surface area (Å²) in [5.41, 5.74) is 0. The zero-order valence-corrected chi connectivity index (χ0v) is 13.4. The monoisotopic (exact) mass is 329 g/mol. The van der Waals surface area contributed by atoms with Crippen LogP contribution in [-0.4, -0.2) is 36.0 Å². The molecular weight excluding hydrogens is 310 g/mol. The summed E-state index contributed by atoms with van der Waals surface area (Å²) in [4.78, 5) is 26.3. The summed E-state index contributed by atoms with van der Waals surface area (Å²) in [7, 11) is 0. The molecule has 1 aromatic heterocycles. The predicted octanol–water partition coefficient (Wildman–Crippen LogP) is 2.89. The average Bonchev–Trinajstić information content (AvgIpc) is 3.28. The maximum atomic E-state index is 12.4. The van der Waals surface area contributed by atoms with E-state index >= 15 is 0 Å². The number of nitrogens with zero attached hydrogens (tertiary/aromatic N) is 1. The van der Waals surface area contributed by atoms with Crippen molar-refractivity contribution >= 4 is 11.9 Å². The maximum Gasteiger partial charge on any atom is 0.334 e. The van der Waals surface area contributed by atoms with Crippen LogP contribution in [0.2, 0.25) is 0 Å².